The van der Waals surface area contributed by atoms with Crippen molar-refractivity contribution in [2.75, 3.05) is 6.54 Å². The lowest BCUT2D eigenvalue weighted by Gasteiger charge is -2.08. The number of carbonyl (C=O) groups excluding carboxylic acids is 1. The maximum Gasteiger partial charge on any atom is 0.171 e. The first-order valence-corrected chi connectivity index (χ1v) is 7.63. The maximum absolute atomic E-state index is 13.7. The number of rotatable bonds is 5. The lowest BCUT2D eigenvalue weighted by atomic mass is 9.98. The smallest absolute Gasteiger partial charge is 0.171 e. The number of carbonyl (C=O) groups is 1. The van der Waals surface area contributed by atoms with Gasteiger partial charge in [-0.3, -0.25) is 9.79 Å². The van der Waals surface area contributed by atoms with E-state index < -0.39 is 34.4 Å². The van der Waals surface area contributed by atoms with Crippen molar-refractivity contribution < 1.29 is 22.4 Å². The van der Waals surface area contributed by atoms with Crippen molar-refractivity contribution in [3.05, 3.63) is 69.3 Å². The molecule has 0 radical (unpaired) electrons. The highest BCUT2D eigenvalue weighted by molar-refractivity contribution is 5.87. The fourth-order valence-corrected chi connectivity index (χ4v) is 2.49. The molecule has 0 unspecified atom stereocenters. The number of hydrogen-bond acceptors (Lipinski definition) is 2. The molecule has 0 atom stereocenters. The molecule has 0 spiro atoms. The van der Waals surface area contributed by atoms with Gasteiger partial charge in [-0.1, -0.05) is 18.2 Å². The number of halogens is 4. The van der Waals surface area contributed by atoms with Crippen LogP contribution >= 0.6 is 0 Å². The second-order valence-electron chi connectivity index (χ2n) is 5.85. The van der Waals surface area contributed by atoms with Crippen LogP contribution in [0.25, 0.3) is 0 Å². The summed E-state index contributed by atoms with van der Waals surface area (Å²) in [6.45, 7) is 4.35. The first-order chi connectivity index (χ1) is 11.7. The third kappa shape index (κ3) is 3.95. The Morgan fingerprint density at radius 1 is 0.960 bits per heavy atom. The topological polar surface area (TPSA) is 29.4 Å². The normalized spacial score (nSPS) is 11.3. The van der Waals surface area contributed by atoms with Crippen LogP contribution in [0, 0.1) is 44.0 Å². The Bertz CT molecular complexity index is 810. The number of hydrogen-bond donors (Lipinski definition) is 0. The van der Waals surface area contributed by atoms with E-state index in [0.717, 1.165) is 23.6 Å². The fourth-order valence-electron chi connectivity index (χ4n) is 2.49. The number of Topliss-reactive ketones (excluding diaryl/α,β-unsaturated/α-hetero) is 1. The molecule has 0 saturated heterocycles. The largest absolute Gasteiger partial charge is 0.297 e. The van der Waals surface area contributed by atoms with Crippen LogP contribution in [0.15, 0.2) is 23.2 Å². The van der Waals surface area contributed by atoms with E-state index in [-0.39, 0.29) is 18.7 Å². The molecule has 25 heavy (non-hydrogen) atoms. The number of aryl methyl sites for hydroxylation is 2. The summed E-state index contributed by atoms with van der Waals surface area (Å²) in [5.74, 6) is -6.27. The van der Waals surface area contributed by atoms with Gasteiger partial charge in [0.2, 0.25) is 0 Å². The lowest BCUT2D eigenvalue weighted by molar-refractivity contribution is -0.117. The average Bonchev–Trinajstić information content (AvgIpc) is 2.58. The molecule has 0 aliphatic carbocycles. The van der Waals surface area contributed by atoms with E-state index in [0.29, 0.717) is 6.21 Å². The van der Waals surface area contributed by atoms with Crippen LogP contribution < -0.4 is 0 Å². The van der Waals surface area contributed by atoms with Gasteiger partial charge in [-0.05, 0) is 37.5 Å². The first-order valence-electron chi connectivity index (χ1n) is 7.63. The summed E-state index contributed by atoms with van der Waals surface area (Å²) >= 11 is 0. The minimum Gasteiger partial charge on any atom is -0.297 e. The Balaban J connectivity index is 2.15. The zero-order valence-corrected chi connectivity index (χ0v) is 14.1. The molecular weight excluding hydrogens is 334 g/mol. The predicted octanol–water partition coefficient (Wildman–Crippen LogP) is 4.40. The van der Waals surface area contributed by atoms with Gasteiger partial charge in [-0.2, -0.15) is 0 Å². The quantitative estimate of drug-likeness (QED) is 0.446. The maximum atomic E-state index is 13.7. The Hall–Kier alpha value is -2.50. The van der Waals surface area contributed by atoms with Crippen molar-refractivity contribution in [3.8, 4) is 0 Å². The number of ketones is 1. The molecule has 0 heterocycles. The Labute approximate surface area is 143 Å². The Morgan fingerprint density at radius 2 is 1.48 bits per heavy atom. The summed E-state index contributed by atoms with van der Waals surface area (Å²) in [4.78, 5) is 15.7. The lowest BCUT2D eigenvalue weighted by Crippen LogP contribution is -2.10. The summed E-state index contributed by atoms with van der Waals surface area (Å²) in [5, 5.41) is 0. The van der Waals surface area contributed by atoms with Gasteiger partial charge >= 0.3 is 0 Å². The molecule has 2 rings (SSSR count). The van der Waals surface area contributed by atoms with Crippen molar-refractivity contribution in [1.29, 1.82) is 0 Å². The van der Waals surface area contributed by atoms with Crippen molar-refractivity contribution in [2.24, 2.45) is 4.99 Å². The molecule has 0 fully saturated rings. The molecule has 2 aromatic rings. The number of nitrogens with zero attached hydrogens (tertiary/aromatic N) is 1. The van der Waals surface area contributed by atoms with Gasteiger partial charge in [0.05, 0.1) is 12.1 Å². The third-order valence-electron chi connectivity index (χ3n) is 4.02. The van der Waals surface area contributed by atoms with E-state index in [2.05, 4.69) is 4.99 Å². The van der Waals surface area contributed by atoms with Crippen LogP contribution in [0.2, 0.25) is 0 Å². The van der Waals surface area contributed by atoms with E-state index in [1.807, 2.05) is 32.0 Å². The first kappa shape index (κ1) is 18.8. The Kier molecular flexibility index (Phi) is 5.72. The second kappa shape index (κ2) is 7.59. The van der Waals surface area contributed by atoms with Gasteiger partial charge < -0.3 is 0 Å². The molecule has 0 aromatic heterocycles. The van der Waals surface area contributed by atoms with Crippen LogP contribution in [-0.4, -0.2) is 18.5 Å². The zero-order valence-electron chi connectivity index (χ0n) is 14.1. The summed E-state index contributed by atoms with van der Waals surface area (Å²) < 4.78 is 54.4. The summed E-state index contributed by atoms with van der Waals surface area (Å²) in [5.41, 5.74) is 1.11. The molecule has 0 amide bonds. The standard InChI is InChI=1S/C19H17F4NO/c1-10-5-4-6-11(2)14(10)7-13(25)8-24-9-15-18(22)16(20)12(3)17(21)19(15)23/h4-6,9H,7-8H2,1-3H3. The highest BCUT2D eigenvalue weighted by atomic mass is 19.2. The van der Waals surface area contributed by atoms with Gasteiger partial charge in [0.25, 0.3) is 0 Å². The van der Waals surface area contributed by atoms with Gasteiger partial charge in [-0.25, -0.2) is 17.6 Å². The van der Waals surface area contributed by atoms with E-state index >= 15 is 0 Å². The molecule has 0 aliphatic rings. The molecule has 0 bridgehead atoms. The predicted molar refractivity (Wildman–Crippen MR) is 88.1 cm³/mol. The molecular formula is C19H17F4NO. The van der Waals surface area contributed by atoms with Gasteiger partial charge in [0.15, 0.2) is 29.1 Å². The minimum absolute atomic E-state index is 0.122. The number of benzene rings is 2. The molecule has 0 saturated carbocycles. The monoisotopic (exact) mass is 351 g/mol. The van der Waals surface area contributed by atoms with Crippen LogP contribution in [-0.2, 0) is 11.2 Å². The average molecular weight is 351 g/mol. The highest BCUT2D eigenvalue weighted by Gasteiger charge is 2.21. The molecule has 132 valence electrons. The summed E-state index contributed by atoms with van der Waals surface area (Å²) in [6.07, 6.45) is 0.774. The molecule has 2 nitrogen and oxygen atoms in total. The van der Waals surface area contributed by atoms with E-state index in [1.54, 1.807) is 0 Å². The zero-order chi connectivity index (χ0) is 18.7. The van der Waals surface area contributed by atoms with Crippen molar-refractivity contribution >= 4 is 12.0 Å². The van der Waals surface area contributed by atoms with Gasteiger partial charge in [-0.15, -0.1) is 0 Å². The molecule has 0 N–H and O–H groups in total. The fraction of sp³-hybridized carbons (Fsp3) is 0.263. The van der Waals surface area contributed by atoms with Crippen LogP contribution in [0.5, 0.6) is 0 Å². The summed E-state index contributed by atoms with van der Waals surface area (Å²) in [7, 11) is 0. The number of aliphatic imine (C=N–C) groups is 1. The van der Waals surface area contributed by atoms with Gasteiger partial charge in [0, 0.05) is 18.2 Å². The van der Waals surface area contributed by atoms with Crippen molar-refractivity contribution in [2.45, 2.75) is 27.2 Å². The highest BCUT2D eigenvalue weighted by Crippen LogP contribution is 2.22. The van der Waals surface area contributed by atoms with E-state index in [4.69, 9.17) is 0 Å². The molecule has 6 heteroatoms. The summed E-state index contributed by atoms with van der Waals surface area (Å²) in [6, 6.07) is 5.63. The van der Waals surface area contributed by atoms with Crippen LogP contribution in [0.4, 0.5) is 17.6 Å². The van der Waals surface area contributed by atoms with Crippen molar-refractivity contribution in [1.82, 2.24) is 0 Å². The van der Waals surface area contributed by atoms with Gasteiger partial charge in [0.1, 0.15) is 0 Å². The molecule has 0 aliphatic heterocycles. The van der Waals surface area contributed by atoms with Crippen LogP contribution in [0.3, 0.4) is 0 Å². The molecule has 2 aromatic carbocycles. The third-order valence-corrected chi connectivity index (χ3v) is 4.02. The minimum atomic E-state index is -1.53. The van der Waals surface area contributed by atoms with Crippen molar-refractivity contribution in [3.63, 3.8) is 0 Å². The SMILES string of the molecule is Cc1cccc(C)c1CC(=O)CN=Cc1c(F)c(F)c(C)c(F)c1F. The van der Waals surface area contributed by atoms with E-state index in [9.17, 15) is 22.4 Å². The second-order valence-corrected chi connectivity index (χ2v) is 5.85. The van der Waals surface area contributed by atoms with Crippen LogP contribution in [0.1, 0.15) is 27.8 Å². The Morgan fingerprint density at radius 3 is 2.00 bits per heavy atom. The van der Waals surface area contributed by atoms with E-state index in [1.165, 1.54) is 0 Å².